The van der Waals surface area contributed by atoms with E-state index in [-0.39, 0.29) is 0 Å². The van der Waals surface area contributed by atoms with Gasteiger partial charge in [0, 0.05) is 10.5 Å². The third kappa shape index (κ3) is 2.65. The van der Waals surface area contributed by atoms with E-state index in [0.29, 0.717) is 6.04 Å². The van der Waals surface area contributed by atoms with E-state index in [1.165, 1.54) is 30.4 Å². The molecule has 1 atom stereocenters. The Bertz CT molecular complexity index is 361. The van der Waals surface area contributed by atoms with Crippen molar-refractivity contribution < 1.29 is 0 Å². The van der Waals surface area contributed by atoms with Crippen molar-refractivity contribution in [1.82, 2.24) is 5.43 Å². The Morgan fingerprint density at radius 2 is 2.25 bits per heavy atom. The first-order valence-electron chi connectivity index (χ1n) is 5.93. The summed E-state index contributed by atoms with van der Waals surface area (Å²) in [6.45, 7) is 2.15. The topological polar surface area (TPSA) is 38.0 Å². The summed E-state index contributed by atoms with van der Waals surface area (Å²) in [5, 5.41) is 0. The zero-order valence-electron chi connectivity index (χ0n) is 9.67. The third-order valence-corrected chi connectivity index (χ3v) is 4.10. The van der Waals surface area contributed by atoms with Crippen molar-refractivity contribution in [3.63, 3.8) is 0 Å². The number of nitrogens with one attached hydrogen (secondary N) is 1. The van der Waals surface area contributed by atoms with Gasteiger partial charge in [0.1, 0.15) is 0 Å². The predicted molar refractivity (Wildman–Crippen MR) is 70.9 cm³/mol. The molecule has 1 unspecified atom stereocenters. The fraction of sp³-hybridized carbons (Fsp3) is 0.538. The Balaban J connectivity index is 2.14. The van der Waals surface area contributed by atoms with Gasteiger partial charge < -0.3 is 0 Å². The molecule has 1 aromatic carbocycles. The number of hydrogen-bond donors (Lipinski definition) is 2. The standard InChI is InChI=1S/C13H19BrN2/c1-9-5-6-11(14)8-12(9)13(16-15)7-10-3-2-4-10/h5-6,8,10,13,16H,2-4,7,15H2,1H3. The van der Waals surface area contributed by atoms with Gasteiger partial charge in [-0.1, -0.05) is 41.3 Å². The monoisotopic (exact) mass is 282 g/mol. The van der Waals surface area contributed by atoms with Crippen LogP contribution in [0.25, 0.3) is 0 Å². The van der Waals surface area contributed by atoms with Crippen LogP contribution in [-0.4, -0.2) is 0 Å². The molecule has 2 nitrogen and oxygen atoms in total. The highest BCUT2D eigenvalue weighted by atomic mass is 79.9. The molecule has 0 spiro atoms. The Kier molecular flexibility index (Phi) is 4.00. The molecule has 1 saturated carbocycles. The van der Waals surface area contributed by atoms with Crippen molar-refractivity contribution in [2.24, 2.45) is 11.8 Å². The van der Waals surface area contributed by atoms with E-state index in [1.54, 1.807) is 0 Å². The summed E-state index contributed by atoms with van der Waals surface area (Å²) in [5.41, 5.74) is 5.60. The number of nitrogens with two attached hydrogens (primary N) is 1. The van der Waals surface area contributed by atoms with Crippen molar-refractivity contribution in [2.45, 2.75) is 38.6 Å². The van der Waals surface area contributed by atoms with Gasteiger partial charge in [-0.25, -0.2) is 0 Å². The highest BCUT2D eigenvalue weighted by Crippen LogP contribution is 2.35. The minimum absolute atomic E-state index is 0.294. The summed E-state index contributed by atoms with van der Waals surface area (Å²) in [5.74, 6) is 6.55. The van der Waals surface area contributed by atoms with E-state index in [0.717, 1.165) is 16.8 Å². The van der Waals surface area contributed by atoms with Gasteiger partial charge in [0.15, 0.2) is 0 Å². The Morgan fingerprint density at radius 3 is 2.81 bits per heavy atom. The van der Waals surface area contributed by atoms with E-state index in [4.69, 9.17) is 5.84 Å². The molecule has 0 bridgehead atoms. The maximum atomic E-state index is 5.69. The number of halogens is 1. The highest BCUT2D eigenvalue weighted by molar-refractivity contribution is 9.10. The summed E-state index contributed by atoms with van der Waals surface area (Å²) in [6.07, 6.45) is 5.28. The molecule has 0 aromatic heterocycles. The summed E-state index contributed by atoms with van der Waals surface area (Å²) in [6, 6.07) is 6.70. The summed E-state index contributed by atoms with van der Waals surface area (Å²) < 4.78 is 1.13. The molecule has 1 aromatic rings. The maximum Gasteiger partial charge on any atom is 0.0465 e. The quantitative estimate of drug-likeness (QED) is 0.656. The highest BCUT2D eigenvalue weighted by Gasteiger charge is 2.23. The second-order valence-electron chi connectivity index (χ2n) is 4.75. The van der Waals surface area contributed by atoms with Gasteiger partial charge in [-0.05, 0) is 42.5 Å². The minimum Gasteiger partial charge on any atom is -0.271 e. The molecule has 2 rings (SSSR count). The van der Waals surface area contributed by atoms with Crippen molar-refractivity contribution in [2.75, 3.05) is 0 Å². The van der Waals surface area contributed by atoms with Crippen LogP contribution in [0.4, 0.5) is 0 Å². The average molecular weight is 283 g/mol. The van der Waals surface area contributed by atoms with Crippen LogP contribution in [0.2, 0.25) is 0 Å². The lowest BCUT2D eigenvalue weighted by molar-refractivity contribution is 0.261. The smallest absolute Gasteiger partial charge is 0.0465 e. The first-order valence-corrected chi connectivity index (χ1v) is 6.72. The SMILES string of the molecule is Cc1ccc(Br)cc1C(CC1CCC1)NN. The maximum absolute atomic E-state index is 5.69. The lowest BCUT2D eigenvalue weighted by Crippen LogP contribution is -2.31. The van der Waals surface area contributed by atoms with Crippen molar-refractivity contribution in [1.29, 1.82) is 0 Å². The lowest BCUT2D eigenvalue weighted by Gasteiger charge is -2.30. The fourth-order valence-electron chi connectivity index (χ4n) is 2.33. The van der Waals surface area contributed by atoms with Crippen LogP contribution in [0.15, 0.2) is 22.7 Å². The van der Waals surface area contributed by atoms with Crippen LogP contribution < -0.4 is 11.3 Å². The average Bonchev–Trinajstić information content (AvgIpc) is 2.21. The van der Waals surface area contributed by atoms with Crippen molar-refractivity contribution >= 4 is 15.9 Å². The number of benzene rings is 1. The van der Waals surface area contributed by atoms with E-state index in [1.807, 2.05) is 0 Å². The molecule has 3 N–H and O–H groups in total. The zero-order valence-corrected chi connectivity index (χ0v) is 11.3. The summed E-state index contributed by atoms with van der Waals surface area (Å²) in [7, 11) is 0. The van der Waals surface area contributed by atoms with Gasteiger partial charge in [-0.3, -0.25) is 11.3 Å². The van der Waals surface area contributed by atoms with Crippen LogP contribution in [0, 0.1) is 12.8 Å². The molecule has 88 valence electrons. The zero-order chi connectivity index (χ0) is 11.5. The van der Waals surface area contributed by atoms with Crippen LogP contribution in [0.1, 0.15) is 42.9 Å². The Hall–Kier alpha value is -0.380. The van der Waals surface area contributed by atoms with Gasteiger partial charge in [0.2, 0.25) is 0 Å². The van der Waals surface area contributed by atoms with E-state index in [9.17, 15) is 0 Å². The molecule has 3 heteroatoms. The normalized spacial score (nSPS) is 18.2. The Labute approximate surface area is 106 Å². The second-order valence-corrected chi connectivity index (χ2v) is 5.67. The largest absolute Gasteiger partial charge is 0.271 e. The van der Waals surface area contributed by atoms with E-state index < -0.39 is 0 Å². The van der Waals surface area contributed by atoms with Crippen LogP contribution in [0.3, 0.4) is 0 Å². The molecule has 0 saturated heterocycles. The second kappa shape index (κ2) is 5.30. The number of hydrogen-bond acceptors (Lipinski definition) is 2. The predicted octanol–water partition coefficient (Wildman–Crippen LogP) is 3.45. The van der Waals surface area contributed by atoms with Gasteiger partial charge in [-0.15, -0.1) is 0 Å². The molecule has 1 aliphatic carbocycles. The molecule has 1 fully saturated rings. The van der Waals surface area contributed by atoms with Crippen molar-refractivity contribution in [3.8, 4) is 0 Å². The molecule has 0 aliphatic heterocycles. The first-order chi connectivity index (χ1) is 7.70. The molecular formula is C13H19BrN2. The van der Waals surface area contributed by atoms with Gasteiger partial charge in [0.05, 0.1) is 0 Å². The molecule has 0 radical (unpaired) electrons. The molecule has 1 aliphatic rings. The van der Waals surface area contributed by atoms with Gasteiger partial charge in [0.25, 0.3) is 0 Å². The van der Waals surface area contributed by atoms with Gasteiger partial charge >= 0.3 is 0 Å². The van der Waals surface area contributed by atoms with E-state index in [2.05, 4.69) is 46.5 Å². The lowest BCUT2D eigenvalue weighted by atomic mass is 9.79. The first kappa shape index (κ1) is 12.1. The van der Waals surface area contributed by atoms with Crippen LogP contribution in [0.5, 0.6) is 0 Å². The molecule has 16 heavy (non-hydrogen) atoms. The number of rotatable bonds is 4. The van der Waals surface area contributed by atoms with Crippen LogP contribution in [-0.2, 0) is 0 Å². The van der Waals surface area contributed by atoms with Crippen LogP contribution >= 0.6 is 15.9 Å². The van der Waals surface area contributed by atoms with Gasteiger partial charge in [-0.2, -0.15) is 0 Å². The van der Waals surface area contributed by atoms with E-state index >= 15 is 0 Å². The number of hydrazine groups is 1. The molecule has 0 amide bonds. The Morgan fingerprint density at radius 1 is 1.50 bits per heavy atom. The molecular weight excluding hydrogens is 264 g/mol. The summed E-state index contributed by atoms with van der Waals surface area (Å²) >= 11 is 3.52. The molecule has 0 heterocycles. The fourth-order valence-corrected chi connectivity index (χ4v) is 2.71. The minimum atomic E-state index is 0.294. The van der Waals surface area contributed by atoms with Crippen molar-refractivity contribution in [3.05, 3.63) is 33.8 Å². The number of aryl methyl sites for hydroxylation is 1. The summed E-state index contributed by atoms with van der Waals surface area (Å²) in [4.78, 5) is 0. The third-order valence-electron chi connectivity index (χ3n) is 3.61.